The molecule has 0 spiro atoms. The van der Waals surface area contributed by atoms with Crippen LogP contribution in [0, 0.1) is 5.92 Å². The normalized spacial score (nSPS) is 15.2. The van der Waals surface area contributed by atoms with Crippen LogP contribution in [0.5, 0.6) is 0 Å². The smallest absolute Gasteiger partial charge is 0.152 e. The van der Waals surface area contributed by atoms with E-state index in [4.69, 9.17) is 9.32 Å². The first-order valence-corrected chi connectivity index (χ1v) is 10.5. The molecule has 0 amide bonds. The Morgan fingerprint density at radius 3 is 2.64 bits per heavy atom. The second-order valence-electron chi connectivity index (χ2n) is 7.27. The van der Waals surface area contributed by atoms with Gasteiger partial charge in [-0.1, -0.05) is 31.4 Å². The zero-order valence-corrected chi connectivity index (χ0v) is 16.8. The van der Waals surface area contributed by atoms with Gasteiger partial charge < -0.3 is 4.57 Å². The quantitative estimate of drug-likeness (QED) is 0.222. The van der Waals surface area contributed by atoms with Crippen LogP contribution in [0.3, 0.4) is 0 Å². The van der Waals surface area contributed by atoms with Gasteiger partial charge in [0.2, 0.25) is 0 Å². The molecule has 1 saturated carbocycles. The average molecular weight is 397 g/mol. The third kappa shape index (κ3) is 4.14. The number of hydrogen-bond donors (Lipinski definition) is 0. The van der Waals surface area contributed by atoms with E-state index in [0.717, 1.165) is 40.0 Å². The van der Waals surface area contributed by atoms with Gasteiger partial charge in [-0.25, -0.2) is 9.87 Å². The summed E-state index contributed by atoms with van der Waals surface area (Å²) in [5, 5.41) is 0.926. The van der Waals surface area contributed by atoms with Crippen LogP contribution < -0.4 is 0 Å². The van der Waals surface area contributed by atoms with E-state index in [1.807, 2.05) is 42.6 Å². The van der Waals surface area contributed by atoms with Gasteiger partial charge in [0.05, 0.1) is 24.8 Å². The molecule has 0 aliphatic heterocycles. The van der Waals surface area contributed by atoms with Gasteiger partial charge in [-0.3, -0.25) is 4.79 Å². The van der Waals surface area contributed by atoms with Gasteiger partial charge in [0.25, 0.3) is 0 Å². The molecule has 0 N–H and O–H groups in total. The Labute approximate surface area is 169 Å². The van der Waals surface area contributed by atoms with E-state index in [-0.39, 0.29) is 0 Å². The zero-order chi connectivity index (χ0) is 19.3. The van der Waals surface area contributed by atoms with Crippen LogP contribution in [0.4, 0.5) is 0 Å². The zero-order valence-electron chi connectivity index (χ0n) is 16.0. The van der Waals surface area contributed by atoms with Crippen molar-refractivity contribution < 1.29 is 14.0 Å². The van der Waals surface area contributed by atoms with E-state index in [2.05, 4.69) is 9.45 Å². The molecular weight excluding hydrogens is 372 g/mol. The molecule has 2 heterocycles. The van der Waals surface area contributed by atoms with Gasteiger partial charge in [-0.05, 0) is 43.0 Å². The molecule has 0 saturated heterocycles. The Kier molecular flexibility index (Phi) is 6.10. The molecule has 1 aromatic carbocycles. The molecule has 1 fully saturated rings. The van der Waals surface area contributed by atoms with Gasteiger partial charge in [-0.15, -0.1) is 0 Å². The SMILES string of the molecule is COOSc1ccc(-c2ccc3c(C=O)cn(CC4CCCCC4)c3n2)cc1. The first kappa shape index (κ1) is 19.2. The third-order valence-electron chi connectivity index (χ3n) is 5.41. The number of rotatable bonds is 7. The lowest BCUT2D eigenvalue weighted by molar-refractivity contribution is -0.160. The maximum absolute atomic E-state index is 11.5. The van der Waals surface area contributed by atoms with Crippen LogP contribution in [0.2, 0.25) is 0 Å². The predicted molar refractivity (Wildman–Crippen MR) is 111 cm³/mol. The second-order valence-corrected chi connectivity index (χ2v) is 8.04. The van der Waals surface area contributed by atoms with Crippen LogP contribution in [0.1, 0.15) is 42.5 Å². The van der Waals surface area contributed by atoms with Crippen molar-refractivity contribution in [2.75, 3.05) is 7.11 Å². The molecule has 6 heteroatoms. The minimum atomic E-state index is 0.673. The van der Waals surface area contributed by atoms with E-state index >= 15 is 0 Å². The van der Waals surface area contributed by atoms with Crippen molar-refractivity contribution in [1.29, 1.82) is 0 Å². The van der Waals surface area contributed by atoms with Crippen molar-refractivity contribution in [2.45, 2.75) is 43.5 Å². The summed E-state index contributed by atoms with van der Waals surface area (Å²) in [5.41, 5.74) is 3.54. The fraction of sp³-hybridized carbons (Fsp3) is 0.364. The molecule has 4 rings (SSSR count). The number of nitrogens with zero attached hydrogens (tertiary/aromatic N) is 2. The molecule has 1 aliphatic carbocycles. The van der Waals surface area contributed by atoms with Crippen molar-refractivity contribution in [1.82, 2.24) is 9.55 Å². The highest BCUT2D eigenvalue weighted by molar-refractivity contribution is 7.94. The maximum Gasteiger partial charge on any atom is 0.152 e. The number of aromatic nitrogens is 2. The fourth-order valence-electron chi connectivity index (χ4n) is 3.99. The maximum atomic E-state index is 11.5. The number of hydrogen-bond acceptors (Lipinski definition) is 5. The van der Waals surface area contributed by atoms with E-state index in [1.165, 1.54) is 51.3 Å². The summed E-state index contributed by atoms with van der Waals surface area (Å²) in [6.07, 6.45) is 9.37. The van der Waals surface area contributed by atoms with Gasteiger partial charge in [0.15, 0.2) is 6.29 Å². The van der Waals surface area contributed by atoms with Crippen LogP contribution in [0.25, 0.3) is 22.3 Å². The molecule has 146 valence electrons. The minimum absolute atomic E-state index is 0.673. The Bertz CT molecular complexity index is 946. The lowest BCUT2D eigenvalue weighted by Gasteiger charge is -2.22. The molecule has 0 bridgehead atoms. The molecule has 0 atom stereocenters. The topological polar surface area (TPSA) is 53.4 Å². The highest BCUT2D eigenvalue weighted by atomic mass is 32.2. The Morgan fingerprint density at radius 2 is 1.93 bits per heavy atom. The van der Waals surface area contributed by atoms with Gasteiger partial charge in [0, 0.05) is 34.2 Å². The number of aldehydes is 1. The lowest BCUT2D eigenvalue weighted by atomic mass is 9.89. The molecular formula is C22H24N2O3S. The number of carbonyl (C=O) groups excluding carboxylic acids is 1. The number of benzene rings is 1. The van der Waals surface area contributed by atoms with E-state index in [0.29, 0.717) is 11.5 Å². The molecule has 3 aromatic rings. The van der Waals surface area contributed by atoms with E-state index in [1.54, 1.807) is 0 Å². The number of pyridine rings is 1. The summed E-state index contributed by atoms with van der Waals surface area (Å²) in [6, 6.07) is 12.0. The molecule has 0 radical (unpaired) electrons. The number of fused-ring (bicyclic) bond motifs is 1. The Morgan fingerprint density at radius 1 is 1.14 bits per heavy atom. The average Bonchev–Trinajstić information content (AvgIpc) is 3.10. The van der Waals surface area contributed by atoms with Crippen molar-refractivity contribution in [3.63, 3.8) is 0 Å². The van der Waals surface area contributed by atoms with Crippen LogP contribution >= 0.6 is 12.0 Å². The molecule has 28 heavy (non-hydrogen) atoms. The summed E-state index contributed by atoms with van der Waals surface area (Å²) in [4.78, 5) is 22.0. The van der Waals surface area contributed by atoms with Crippen molar-refractivity contribution in [2.24, 2.45) is 5.92 Å². The summed E-state index contributed by atoms with van der Waals surface area (Å²) in [7, 11) is 1.48. The summed E-state index contributed by atoms with van der Waals surface area (Å²) >= 11 is 1.17. The first-order chi connectivity index (χ1) is 13.8. The van der Waals surface area contributed by atoms with Crippen LogP contribution in [0.15, 0.2) is 47.5 Å². The summed E-state index contributed by atoms with van der Waals surface area (Å²) < 4.78 is 7.07. The molecule has 2 aromatic heterocycles. The highest BCUT2D eigenvalue weighted by Gasteiger charge is 2.17. The van der Waals surface area contributed by atoms with Crippen molar-refractivity contribution in [3.05, 3.63) is 48.2 Å². The summed E-state index contributed by atoms with van der Waals surface area (Å²) in [5.74, 6) is 0.673. The fourth-order valence-corrected chi connectivity index (χ4v) is 4.38. The lowest BCUT2D eigenvalue weighted by Crippen LogP contribution is -2.13. The Balaban J connectivity index is 1.64. The van der Waals surface area contributed by atoms with Gasteiger partial charge in [-0.2, -0.15) is 4.33 Å². The molecule has 1 aliphatic rings. The minimum Gasteiger partial charge on any atom is -0.331 e. The van der Waals surface area contributed by atoms with E-state index in [9.17, 15) is 4.79 Å². The van der Waals surface area contributed by atoms with Crippen LogP contribution in [-0.2, 0) is 15.8 Å². The van der Waals surface area contributed by atoms with Gasteiger partial charge in [0.1, 0.15) is 5.65 Å². The standard InChI is InChI=1S/C22H24N2O3S/c1-26-27-28-19-9-7-17(8-10-19)21-12-11-20-18(15-25)14-24(22(20)23-21)13-16-5-3-2-4-6-16/h7-12,14-16H,2-6,13H2,1H3. The summed E-state index contributed by atoms with van der Waals surface area (Å²) in [6.45, 7) is 0.935. The van der Waals surface area contributed by atoms with Gasteiger partial charge >= 0.3 is 0 Å². The van der Waals surface area contributed by atoms with Crippen molar-refractivity contribution >= 4 is 29.4 Å². The Hall–Kier alpha value is -2.15. The molecule has 5 nitrogen and oxygen atoms in total. The van der Waals surface area contributed by atoms with Crippen LogP contribution in [-0.4, -0.2) is 22.9 Å². The highest BCUT2D eigenvalue weighted by Crippen LogP contribution is 2.30. The third-order valence-corrected chi connectivity index (χ3v) is 6.08. The number of carbonyl (C=O) groups is 1. The largest absolute Gasteiger partial charge is 0.331 e. The first-order valence-electron chi connectivity index (χ1n) is 9.71. The molecule has 0 unspecified atom stereocenters. The van der Waals surface area contributed by atoms with Crippen molar-refractivity contribution in [3.8, 4) is 11.3 Å². The second kappa shape index (κ2) is 8.90. The predicted octanol–water partition coefficient (Wildman–Crippen LogP) is 5.68. The monoisotopic (exact) mass is 396 g/mol. The van der Waals surface area contributed by atoms with E-state index < -0.39 is 0 Å².